The molecule has 154 valence electrons. The van der Waals surface area contributed by atoms with Gasteiger partial charge in [0.05, 0.1) is 0 Å². The Kier molecular flexibility index (Phi) is 10.6. The number of nitrogens with zero attached hydrogens (tertiary/aromatic N) is 2. The van der Waals surface area contributed by atoms with Crippen LogP contribution in [0.2, 0.25) is 18.6 Å². The Morgan fingerprint density at radius 2 is 1.74 bits per heavy atom. The van der Waals surface area contributed by atoms with Crippen LogP contribution in [-0.2, 0) is 20.8 Å². The van der Waals surface area contributed by atoms with Gasteiger partial charge in [-0.1, -0.05) is 71.9 Å². The molecule has 2 fully saturated rings. The SMILES string of the molecule is CC(C)(C)[N-][Si](C)(C)C1CC(N2CCCC2)C2(C=CC=CC2)C1.[CH3-].[Cl][Zr+2][Cl]. The maximum atomic E-state index is 5.34. The molecule has 1 saturated carbocycles. The second kappa shape index (κ2) is 10.9. The standard InChI is InChI=1S/C20H35N2Si.CH3.2ClH.Zr/c1-19(2,3)21-23(4,5)17-15-18(22-13-9-10-14-22)20(16-17)11-7-6-8-12-20;;;;/h6-8,11,17-18H,9-10,12-16H2,1-5H3;1H3;2*1H;/q2*-1;;;+4/p-2. The first-order valence-electron chi connectivity index (χ1n) is 9.92. The van der Waals surface area contributed by atoms with Crippen LogP contribution in [0.15, 0.2) is 24.3 Å². The topological polar surface area (TPSA) is 17.3 Å². The Morgan fingerprint density at radius 1 is 1.15 bits per heavy atom. The quantitative estimate of drug-likeness (QED) is 0.288. The zero-order chi connectivity index (χ0) is 19.4. The minimum atomic E-state index is -1.57. The minimum absolute atomic E-state index is 0. The molecule has 1 aliphatic heterocycles. The molecule has 3 rings (SSSR count). The molecular weight excluding hydrogens is 470 g/mol. The van der Waals surface area contributed by atoms with Crippen molar-refractivity contribution >= 4 is 25.3 Å². The number of likely N-dealkylation sites (tertiary alicyclic amines) is 1. The first-order chi connectivity index (χ1) is 12.1. The molecule has 2 aliphatic carbocycles. The molecular formula is C21H38Cl2N2SiZr. The van der Waals surface area contributed by atoms with Crippen LogP contribution in [0.25, 0.3) is 4.98 Å². The molecule has 27 heavy (non-hydrogen) atoms. The van der Waals surface area contributed by atoms with Crippen LogP contribution in [0.1, 0.15) is 52.9 Å². The van der Waals surface area contributed by atoms with Gasteiger partial charge in [0.15, 0.2) is 0 Å². The van der Waals surface area contributed by atoms with Crippen molar-refractivity contribution in [3.8, 4) is 0 Å². The number of rotatable bonds is 3. The van der Waals surface area contributed by atoms with Gasteiger partial charge in [-0.05, 0) is 45.2 Å². The fraction of sp³-hybridized carbons (Fsp3) is 0.762. The molecule has 3 atom stereocenters. The summed E-state index contributed by atoms with van der Waals surface area (Å²) in [6, 6.07) is 0.748. The van der Waals surface area contributed by atoms with Gasteiger partial charge in [-0.2, -0.15) is 0 Å². The van der Waals surface area contributed by atoms with Gasteiger partial charge in [0.2, 0.25) is 0 Å². The van der Waals surface area contributed by atoms with E-state index in [-0.39, 0.29) is 13.0 Å². The van der Waals surface area contributed by atoms with Crippen molar-refractivity contribution in [2.45, 2.75) is 83.1 Å². The van der Waals surface area contributed by atoms with E-state index in [0.717, 1.165) is 11.6 Å². The van der Waals surface area contributed by atoms with E-state index in [1.165, 1.54) is 45.2 Å². The Morgan fingerprint density at radius 3 is 2.22 bits per heavy atom. The summed E-state index contributed by atoms with van der Waals surface area (Å²) in [5.41, 5.74) is 1.32. The third kappa shape index (κ3) is 7.07. The normalized spacial score (nSPS) is 30.6. The molecule has 2 nitrogen and oxygen atoms in total. The molecule has 0 N–H and O–H groups in total. The summed E-state index contributed by atoms with van der Waals surface area (Å²) in [6.45, 7) is 14.5. The molecule has 1 heterocycles. The van der Waals surface area contributed by atoms with E-state index in [0.29, 0.717) is 5.41 Å². The van der Waals surface area contributed by atoms with Crippen LogP contribution in [0.5, 0.6) is 0 Å². The van der Waals surface area contributed by atoms with Gasteiger partial charge in [0.1, 0.15) is 0 Å². The molecule has 0 aromatic heterocycles. The first kappa shape index (κ1) is 26.1. The maximum absolute atomic E-state index is 5.34. The van der Waals surface area contributed by atoms with Gasteiger partial charge >= 0.3 is 37.9 Å². The number of allylic oxidation sites excluding steroid dienone is 3. The van der Waals surface area contributed by atoms with Gasteiger partial charge in [-0.3, -0.25) is 4.90 Å². The fourth-order valence-electron chi connectivity index (χ4n) is 5.32. The molecule has 0 radical (unpaired) electrons. The Bertz CT molecular complexity index is 513. The summed E-state index contributed by atoms with van der Waals surface area (Å²) in [5.74, 6) is 0. The van der Waals surface area contributed by atoms with Crippen LogP contribution < -0.4 is 0 Å². The van der Waals surface area contributed by atoms with E-state index in [2.05, 4.69) is 63.1 Å². The van der Waals surface area contributed by atoms with Gasteiger partial charge in [-0.25, -0.2) is 0 Å². The van der Waals surface area contributed by atoms with E-state index in [1.54, 1.807) is 0 Å². The third-order valence-electron chi connectivity index (χ3n) is 6.18. The van der Waals surface area contributed by atoms with E-state index in [4.69, 9.17) is 22.0 Å². The van der Waals surface area contributed by atoms with E-state index in [1.807, 2.05) is 0 Å². The van der Waals surface area contributed by atoms with Crippen molar-refractivity contribution in [1.82, 2.24) is 4.90 Å². The predicted octanol–water partition coefficient (Wildman–Crippen LogP) is 7.32. The molecule has 3 aliphatic rings. The molecule has 0 amide bonds. The predicted molar refractivity (Wildman–Crippen MR) is 122 cm³/mol. The van der Waals surface area contributed by atoms with Gasteiger partial charge < -0.3 is 12.4 Å². The monoisotopic (exact) mass is 506 g/mol. The van der Waals surface area contributed by atoms with Crippen molar-refractivity contribution in [3.63, 3.8) is 0 Å². The molecule has 0 bridgehead atoms. The molecule has 0 aromatic carbocycles. The second-order valence-corrected chi connectivity index (χ2v) is 17.7. The van der Waals surface area contributed by atoms with Gasteiger partial charge in [-0.15, -0.1) is 5.54 Å². The van der Waals surface area contributed by atoms with Gasteiger partial charge in [0, 0.05) is 11.5 Å². The summed E-state index contributed by atoms with van der Waals surface area (Å²) >= 11 is -0.826. The molecule has 1 saturated heterocycles. The number of hydrogen-bond acceptors (Lipinski definition) is 1. The van der Waals surface area contributed by atoms with Crippen LogP contribution in [-0.4, -0.2) is 37.8 Å². The second-order valence-electron chi connectivity index (χ2n) is 9.63. The van der Waals surface area contributed by atoms with E-state index in [9.17, 15) is 0 Å². The summed E-state index contributed by atoms with van der Waals surface area (Å²) < 4.78 is 0. The summed E-state index contributed by atoms with van der Waals surface area (Å²) in [5, 5.41) is 0. The number of halogens is 2. The fourth-order valence-corrected chi connectivity index (χ4v) is 8.91. The summed E-state index contributed by atoms with van der Waals surface area (Å²) in [4.78, 5) is 8.15. The Hall–Kier alpha value is 1.08. The number of hydrogen-bond donors (Lipinski definition) is 0. The van der Waals surface area contributed by atoms with Crippen molar-refractivity contribution in [2.24, 2.45) is 5.41 Å². The average Bonchev–Trinajstić information content (AvgIpc) is 3.15. The molecule has 6 heteroatoms. The van der Waals surface area contributed by atoms with E-state index < -0.39 is 29.1 Å². The summed E-state index contributed by atoms with van der Waals surface area (Å²) in [6.07, 6.45) is 16.3. The average molecular weight is 509 g/mol. The van der Waals surface area contributed by atoms with Crippen LogP contribution in [0.4, 0.5) is 0 Å². The molecule has 1 spiro atoms. The molecule has 3 unspecified atom stereocenters. The Labute approximate surface area is 188 Å². The van der Waals surface area contributed by atoms with Crippen molar-refractivity contribution in [3.05, 3.63) is 36.7 Å². The molecule has 0 aromatic rings. The Balaban J connectivity index is 0.000000855. The van der Waals surface area contributed by atoms with Crippen LogP contribution >= 0.6 is 17.0 Å². The zero-order valence-corrected chi connectivity index (χ0v) is 23.0. The third-order valence-corrected chi connectivity index (χ3v) is 9.86. The van der Waals surface area contributed by atoms with Crippen LogP contribution in [0.3, 0.4) is 0 Å². The van der Waals surface area contributed by atoms with Crippen molar-refractivity contribution in [2.75, 3.05) is 13.1 Å². The van der Waals surface area contributed by atoms with E-state index >= 15 is 0 Å². The van der Waals surface area contributed by atoms with Crippen LogP contribution in [0, 0.1) is 12.8 Å². The van der Waals surface area contributed by atoms with Gasteiger partial charge in [0.25, 0.3) is 0 Å². The van der Waals surface area contributed by atoms with Crippen molar-refractivity contribution < 1.29 is 20.8 Å². The summed E-state index contributed by atoms with van der Waals surface area (Å²) in [7, 11) is 8.30. The first-order valence-corrected chi connectivity index (χ1v) is 19.3. The zero-order valence-electron chi connectivity index (χ0n) is 18.1. The van der Waals surface area contributed by atoms with Crippen molar-refractivity contribution in [1.29, 1.82) is 0 Å².